The molecule has 0 bridgehead atoms. The zero-order chi connectivity index (χ0) is 22.4. The second-order valence-electron chi connectivity index (χ2n) is 8.21. The molecule has 0 fully saturated rings. The van der Waals surface area contributed by atoms with Crippen molar-refractivity contribution in [2.75, 3.05) is 20.3 Å². The number of likely N-dealkylation sites (N-methyl/N-ethyl adjacent to an activating group) is 1. The molecule has 0 radical (unpaired) electrons. The Morgan fingerprint density at radius 3 is 2.26 bits per heavy atom. The Morgan fingerprint density at radius 2 is 1.68 bits per heavy atom. The van der Waals surface area contributed by atoms with Gasteiger partial charge in [0.1, 0.15) is 18.0 Å². The molecule has 1 heterocycles. The van der Waals surface area contributed by atoms with E-state index < -0.39 is 0 Å². The smallest absolute Gasteiger partial charge is 0.260 e. The lowest BCUT2D eigenvalue weighted by molar-refractivity contribution is -0.134. The largest absolute Gasteiger partial charge is 0.497 e. The van der Waals surface area contributed by atoms with E-state index in [0.717, 1.165) is 11.3 Å². The van der Waals surface area contributed by atoms with Gasteiger partial charge in [0.2, 0.25) is 11.7 Å². The van der Waals surface area contributed by atoms with Crippen LogP contribution in [0.3, 0.4) is 0 Å². The van der Waals surface area contributed by atoms with Crippen molar-refractivity contribution in [2.45, 2.75) is 39.7 Å². The fourth-order valence-electron chi connectivity index (χ4n) is 3.00. The topological polar surface area (TPSA) is 77.7 Å². The van der Waals surface area contributed by atoms with Crippen LogP contribution in [-0.4, -0.2) is 41.2 Å². The Balaban J connectivity index is 1.58. The van der Waals surface area contributed by atoms with Crippen LogP contribution in [0.5, 0.6) is 11.5 Å². The quantitative estimate of drug-likeness (QED) is 0.532. The molecule has 0 N–H and O–H groups in total. The predicted molar refractivity (Wildman–Crippen MR) is 118 cm³/mol. The maximum atomic E-state index is 12.6. The summed E-state index contributed by atoms with van der Waals surface area (Å²) in [4.78, 5) is 18.6. The molecule has 1 aromatic heterocycles. The number of carbonyl (C=O) groups is 1. The number of aromatic nitrogens is 2. The molecule has 0 aliphatic heterocycles. The molecule has 0 saturated carbocycles. The maximum absolute atomic E-state index is 12.6. The molecule has 0 aliphatic rings. The lowest BCUT2D eigenvalue weighted by atomic mass is 9.87. The van der Waals surface area contributed by atoms with Crippen LogP contribution in [0.4, 0.5) is 0 Å². The lowest BCUT2D eigenvalue weighted by Gasteiger charge is -2.20. The molecule has 0 atom stereocenters. The molecule has 0 aliphatic carbocycles. The summed E-state index contributed by atoms with van der Waals surface area (Å²) >= 11 is 0. The fraction of sp³-hybridized carbons (Fsp3) is 0.375. The monoisotopic (exact) mass is 423 g/mol. The summed E-state index contributed by atoms with van der Waals surface area (Å²) in [7, 11) is 1.61. The van der Waals surface area contributed by atoms with Crippen LogP contribution in [0.1, 0.15) is 39.1 Å². The van der Waals surface area contributed by atoms with Gasteiger partial charge < -0.3 is 18.9 Å². The van der Waals surface area contributed by atoms with Gasteiger partial charge >= 0.3 is 0 Å². The van der Waals surface area contributed by atoms with Gasteiger partial charge in [0.05, 0.1) is 7.11 Å². The van der Waals surface area contributed by atoms with Gasteiger partial charge in [-0.1, -0.05) is 38.1 Å². The number of nitrogens with zero attached hydrogens (tertiary/aromatic N) is 3. The van der Waals surface area contributed by atoms with Crippen molar-refractivity contribution in [3.63, 3.8) is 0 Å². The Labute approximate surface area is 183 Å². The van der Waals surface area contributed by atoms with Crippen molar-refractivity contribution in [2.24, 2.45) is 0 Å². The molecule has 0 saturated heterocycles. The SMILES string of the molecule is CCN(Cc1nc(-c2ccc(OC)cc2)no1)C(=O)COc1ccc(C(C)(C)C)cc1. The standard InChI is InChI=1S/C24H29N3O4/c1-6-27(22(28)16-30-20-13-9-18(10-14-20)24(2,3)4)15-21-25-23(26-31-21)17-7-11-19(29-5)12-8-17/h7-14H,6,15-16H2,1-5H3. The van der Waals surface area contributed by atoms with E-state index in [9.17, 15) is 4.79 Å². The second kappa shape index (κ2) is 9.64. The Bertz CT molecular complexity index is 989. The minimum Gasteiger partial charge on any atom is -0.497 e. The summed E-state index contributed by atoms with van der Waals surface area (Å²) in [5, 5.41) is 4.01. The molecule has 2 aromatic carbocycles. The van der Waals surface area contributed by atoms with E-state index in [1.165, 1.54) is 5.56 Å². The van der Waals surface area contributed by atoms with Crippen molar-refractivity contribution in [3.05, 3.63) is 60.0 Å². The van der Waals surface area contributed by atoms with Gasteiger partial charge in [0.25, 0.3) is 5.91 Å². The number of methoxy groups -OCH3 is 1. The number of benzene rings is 2. The van der Waals surface area contributed by atoms with Gasteiger partial charge in [-0.3, -0.25) is 4.79 Å². The van der Waals surface area contributed by atoms with Gasteiger partial charge in [0.15, 0.2) is 6.61 Å². The molecule has 3 aromatic rings. The van der Waals surface area contributed by atoms with Crippen LogP contribution in [0.2, 0.25) is 0 Å². The summed E-state index contributed by atoms with van der Waals surface area (Å²) in [6, 6.07) is 15.2. The first-order valence-corrected chi connectivity index (χ1v) is 10.3. The number of hydrogen-bond donors (Lipinski definition) is 0. The first kappa shape index (κ1) is 22.3. The van der Waals surface area contributed by atoms with E-state index in [0.29, 0.717) is 24.0 Å². The van der Waals surface area contributed by atoms with E-state index in [-0.39, 0.29) is 24.5 Å². The normalized spacial score (nSPS) is 11.3. The highest BCUT2D eigenvalue weighted by atomic mass is 16.5. The Hall–Kier alpha value is -3.35. The number of hydrogen-bond acceptors (Lipinski definition) is 6. The predicted octanol–water partition coefficient (Wildman–Crippen LogP) is 4.47. The van der Waals surface area contributed by atoms with Gasteiger partial charge in [-0.05, 0) is 54.3 Å². The van der Waals surface area contributed by atoms with E-state index in [4.69, 9.17) is 14.0 Å². The maximum Gasteiger partial charge on any atom is 0.260 e. The van der Waals surface area contributed by atoms with Gasteiger partial charge in [0, 0.05) is 12.1 Å². The molecular weight excluding hydrogens is 394 g/mol. The number of rotatable bonds is 8. The molecule has 164 valence electrons. The van der Waals surface area contributed by atoms with Gasteiger partial charge in [-0.25, -0.2) is 0 Å². The summed E-state index contributed by atoms with van der Waals surface area (Å²) in [6.45, 7) is 9.05. The van der Waals surface area contributed by atoms with E-state index in [1.54, 1.807) is 12.0 Å². The summed E-state index contributed by atoms with van der Waals surface area (Å²) in [5.74, 6) is 2.11. The molecule has 3 rings (SSSR count). The van der Waals surface area contributed by atoms with Crippen LogP contribution in [0.25, 0.3) is 11.4 Å². The number of ether oxygens (including phenoxy) is 2. The third-order valence-corrected chi connectivity index (χ3v) is 4.96. The van der Waals surface area contributed by atoms with Crippen molar-refractivity contribution in [1.82, 2.24) is 15.0 Å². The zero-order valence-corrected chi connectivity index (χ0v) is 18.7. The fourth-order valence-corrected chi connectivity index (χ4v) is 3.00. The van der Waals surface area contributed by atoms with Crippen molar-refractivity contribution in [1.29, 1.82) is 0 Å². The first-order chi connectivity index (χ1) is 14.8. The summed E-state index contributed by atoms with van der Waals surface area (Å²) < 4.78 is 16.2. The van der Waals surface area contributed by atoms with E-state index in [2.05, 4.69) is 30.9 Å². The minimum atomic E-state index is -0.147. The molecule has 7 heteroatoms. The average Bonchev–Trinajstić information content (AvgIpc) is 3.24. The van der Waals surface area contributed by atoms with Crippen LogP contribution >= 0.6 is 0 Å². The van der Waals surface area contributed by atoms with Crippen LogP contribution in [0, 0.1) is 0 Å². The Morgan fingerprint density at radius 1 is 1.03 bits per heavy atom. The summed E-state index contributed by atoms with van der Waals surface area (Å²) in [6.07, 6.45) is 0. The van der Waals surface area contributed by atoms with Gasteiger partial charge in [-0.2, -0.15) is 4.98 Å². The average molecular weight is 424 g/mol. The molecule has 7 nitrogen and oxygen atoms in total. The van der Waals surface area contributed by atoms with E-state index in [1.807, 2.05) is 55.5 Å². The third-order valence-electron chi connectivity index (χ3n) is 4.96. The van der Waals surface area contributed by atoms with Crippen molar-refractivity contribution in [3.8, 4) is 22.9 Å². The van der Waals surface area contributed by atoms with Crippen LogP contribution in [-0.2, 0) is 16.8 Å². The van der Waals surface area contributed by atoms with Crippen molar-refractivity contribution >= 4 is 5.91 Å². The Kier molecular flexibility index (Phi) is 6.95. The van der Waals surface area contributed by atoms with Crippen LogP contribution in [0.15, 0.2) is 53.1 Å². The highest BCUT2D eigenvalue weighted by Crippen LogP contribution is 2.24. The van der Waals surface area contributed by atoms with Crippen LogP contribution < -0.4 is 9.47 Å². The molecule has 1 amide bonds. The third kappa shape index (κ3) is 5.84. The first-order valence-electron chi connectivity index (χ1n) is 10.3. The molecule has 0 unspecified atom stereocenters. The highest BCUT2D eigenvalue weighted by Gasteiger charge is 2.18. The molecule has 31 heavy (non-hydrogen) atoms. The lowest BCUT2D eigenvalue weighted by Crippen LogP contribution is -2.34. The second-order valence-corrected chi connectivity index (χ2v) is 8.21. The zero-order valence-electron chi connectivity index (χ0n) is 18.7. The number of amides is 1. The van der Waals surface area contributed by atoms with E-state index >= 15 is 0 Å². The number of carbonyl (C=O) groups excluding carboxylic acids is 1. The minimum absolute atomic E-state index is 0.0534. The van der Waals surface area contributed by atoms with Gasteiger partial charge in [-0.15, -0.1) is 0 Å². The summed E-state index contributed by atoms with van der Waals surface area (Å²) in [5.41, 5.74) is 2.10. The molecular formula is C24H29N3O4. The molecule has 0 spiro atoms. The van der Waals surface area contributed by atoms with Crippen molar-refractivity contribution < 1.29 is 18.8 Å². The highest BCUT2D eigenvalue weighted by molar-refractivity contribution is 5.77.